The predicted octanol–water partition coefficient (Wildman–Crippen LogP) is 1.76. The molecule has 0 aromatic heterocycles. The number of hydrogen-bond donors (Lipinski definition) is 2. The molecule has 4 nitrogen and oxygen atoms in total. The zero-order valence-electron chi connectivity index (χ0n) is 10.8. The van der Waals surface area contributed by atoms with E-state index in [1.165, 1.54) is 6.42 Å². The van der Waals surface area contributed by atoms with Crippen LogP contribution in [0.25, 0.3) is 0 Å². The summed E-state index contributed by atoms with van der Waals surface area (Å²) in [5, 5.41) is 6.18. The molecule has 0 saturated carbocycles. The van der Waals surface area contributed by atoms with Crippen molar-refractivity contribution in [3.63, 3.8) is 0 Å². The van der Waals surface area contributed by atoms with Crippen molar-refractivity contribution >= 4 is 6.09 Å². The first-order valence-electron chi connectivity index (χ1n) is 6.06. The second kappa shape index (κ2) is 5.53. The number of carbonyl (C=O) groups is 1. The summed E-state index contributed by atoms with van der Waals surface area (Å²) in [5.41, 5.74) is -0.416. The van der Waals surface area contributed by atoms with Gasteiger partial charge in [-0.25, -0.2) is 4.79 Å². The van der Waals surface area contributed by atoms with Crippen LogP contribution >= 0.6 is 0 Å². The fourth-order valence-corrected chi connectivity index (χ4v) is 1.86. The summed E-state index contributed by atoms with van der Waals surface area (Å²) in [4.78, 5) is 11.5. The molecule has 4 heteroatoms. The molecule has 0 bridgehead atoms. The van der Waals surface area contributed by atoms with Crippen molar-refractivity contribution in [1.29, 1.82) is 0 Å². The largest absolute Gasteiger partial charge is 0.444 e. The van der Waals surface area contributed by atoms with E-state index in [4.69, 9.17) is 4.74 Å². The Morgan fingerprint density at radius 3 is 2.75 bits per heavy atom. The summed E-state index contributed by atoms with van der Waals surface area (Å²) in [5.74, 6) is 1.18. The van der Waals surface area contributed by atoms with Gasteiger partial charge in [0.2, 0.25) is 0 Å². The molecule has 1 saturated heterocycles. The lowest BCUT2D eigenvalue weighted by atomic mass is 9.88. The summed E-state index contributed by atoms with van der Waals surface area (Å²) >= 11 is 0. The highest BCUT2D eigenvalue weighted by Crippen LogP contribution is 2.17. The standard InChI is InChI=1S/C12H24N2O2/c1-9-5-6-13-7-10(9)8-14-11(15)16-12(2,3)4/h9-10,13H,5-8H2,1-4H3,(H,14,15)/t9-,10+/m0/s1. The molecule has 1 heterocycles. The van der Waals surface area contributed by atoms with Gasteiger partial charge in [0.1, 0.15) is 5.60 Å². The molecule has 1 amide bonds. The predicted molar refractivity (Wildman–Crippen MR) is 64.4 cm³/mol. The van der Waals surface area contributed by atoms with Gasteiger partial charge in [0, 0.05) is 6.54 Å². The first kappa shape index (κ1) is 13.3. The van der Waals surface area contributed by atoms with Gasteiger partial charge >= 0.3 is 6.09 Å². The maximum Gasteiger partial charge on any atom is 0.407 e. The van der Waals surface area contributed by atoms with Gasteiger partial charge < -0.3 is 15.4 Å². The minimum atomic E-state index is -0.416. The summed E-state index contributed by atoms with van der Waals surface area (Å²) < 4.78 is 5.19. The van der Waals surface area contributed by atoms with E-state index in [-0.39, 0.29) is 6.09 Å². The summed E-state index contributed by atoms with van der Waals surface area (Å²) in [6.07, 6.45) is 0.867. The number of ether oxygens (including phenoxy) is 1. The van der Waals surface area contributed by atoms with Gasteiger partial charge in [0.05, 0.1) is 0 Å². The first-order chi connectivity index (χ1) is 7.38. The van der Waals surface area contributed by atoms with Crippen molar-refractivity contribution in [1.82, 2.24) is 10.6 Å². The Bertz CT molecular complexity index is 236. The lowest BCUT2D eigenvalue weighted by molar-refractivity contribution is 0.0510. The minimum absolute atomic E-state index is 0.315. The Morgan fingerprint density at radius 2 is 2.19 bits per heavy atom. The van der Waals surface area contributed by atoms with Gasteiger partial charge in [-0.1, -0.05) is 6.92 Å². The molecule has 0 aromatic rings. The molecule has 1 fully saturated rings. The molecular weight excluding hydrogens is 204 g/mol. The lowest BCUT2D eigenvalue weighted by Gasteiger charge is -2.30. The number of carbonyl (C=O) groups excluding carboxylic acids is 1. The van der Waals surface area contributed by atoms with Crippen LogP contribution in [0.1, 0.15) is 34.1 Å². The maximum atomic E-state index is 11.5. The van der Waals surface area contributed by atoms with Crippen molar-refractivity contribution in [2.45, 2.75) is 39.7 Å². The zero-order chi connectivity index (χ0) is 12.2. The van der Waals surface area contributed by atoms with Crippen LogP contribution in [-0.4, -0.2) is 31.3 Å². The lowest BCUT2D eigenvalue weighted by Crippen LogP contribution is -2.43. The Kier molecular flexibility index (Phi) is 4.59. The van der Waals surface area contributed by atoms with E-state index < -0.39 is 5.60 Å². The third-order valence-corrected chi connectivity index (χ3v) is 2.90. The van der Waals surface area contributed by atoms with Crippen molar-refractivity contribution < 1.29 is 9.53 Å². The van der Waals surface area contributed by atoms with Crippen LogP contribution in [-0.2, 0) is 4.74 Å². The van der Waals surface area contributed by atoms with Gasteiger partial charge in [0.15, 0.2) is 0 Å². The molecule has 0 unspecified atom stereocenters. The highest BCUT2D eigenvalue weighted by atomic mass is 16.6. The van der Waals surface area contributed by atoms with E-state index in [0.717, 1.165) is 13.1 Å². The molecular formula is C12H24N2O2. The molecule has 0 spiro atoms. The van der Waals surface area contributed by atoms with Gasteiger partial charge in [-0.15, -0.1) is 0 Å². The van der Waals surface area contributed by atoms with Crippen LogP contribution in [0.4, 0.5) is 4.79 Å². The number of alkyl carbamates (subject to hydrolysis) is 1. The maximum absolute atomic E-state index is 11.5. The molecule has 0 aliphatic carbocycles. The third-order valence-electron chi connectivity index (χ3n) is 2.90. The molecule has 0 aromatic carbocycles. The second-order valence-corrected chi connectivity index (χ2v) is 5.61. The highest BCUT2D eigenvalue weighted by molar-refractivity contribution is 5.67. The number of piperidine rings is 1. The minimum Gasteiger partial charge on any atom is -0.444 e. The Morgan fingerprint density at radius 1 is 1.50 bits per heavy atom. The molecule has 2 N–H and O–H groups in total. The number of amides is 1. The number of hydrogen-bond acceptors (Lipinski definition) is 3. The Labute approximate surface area is 98.1 Å². The number of rotatable bonds is 2. The van der Waals surface area contributed by atoms with Crippen LogP contribution in [0.2, 0.25) is 0 Å². The van der Waals surface area contributed by atoms with Crippen LogP contribution in [0.3, 0.4) is 0 Å². The monoisotopic (exact) mass is 228 g/mol. The summed E-state index contributed by atoms with van der Waals surface area (Å²) in [6.45, 7) is 10.6. The normalized spacial score (nSPS) is 26.2. The molecule has 2 atom stereocenters. The van der Waals surface area contributed by atoms with Gasteiger partial charge in [-0.3, -0.25) is 0 Å². The summed E-state index contributed by atoms with van der Waals surface area (Å²) in [6, 6.07) is 0. The topological polar surface area (TPSA) is 50.4 Å². The molecule has 1 rings (SSSR count). The van der Waals surface area contributed by atoms with E-state index in [1.54, 1.807) is 0 Å². The smallest absolute Gasteiger partial charge is 0.407 e. The van der Waals surface area contributed by atoms with Crippen LogP contribution in [0.15, 0.2) is 0 Å². The van der Waals surface area contributed by atoms with Crippen LogP contribution < -0.4 is 10.6 Å². The van der Waals surface area contributed by atoms with Gasteiger partial charge in [-0.2, -0.15) is 0 Å². The van der Waals surface area contributed by atoms with Gasteiger partial charge in [-0.05, 0) is 52.1 Å². The second-order valence-electron chi connectivity index (χ2n) is 5.61. The fraction of sp³-hybridized carbons (Fsp3) is 0.917. The highest BCUT2D eigenvalue weighted by Gasteiger charge is 2.22. The molecule has 16 heavy (non-hydrogen) atoms. The number of nitrogens with one attached hydrogen (secondary N) is 2. The molecule has 0 radical (unpaired) electrons. The SMILES string of the molecule is C[C@H]1CCNC[C@@H]1CNC(=O)OC(C)(C)C. The fourth-order valence-electron chi connectivity index (χ4n) is 1.86. The van der Waals surface area contributed by atoms with Crippen LogP contribution in [0.5, 0.6) is 0 Å². The van der Waals surface area contributed by atoms with Crippen molar-refractivity contribution in [3.05, 3.63) is 0 Å². The van der Waals surface area contributed by atoms with E-state index in [1.807, 2.05) is 20.8 Å². The molecule has 1 aliphatic heterocycles. The van der Waals surface area contributed by atoms with E-state index in [0.29, 0.717) is 18.4 Å². The first-order valence-corrected chi connectivity index (χ1v) is 6.06. The average Bonchev–Trinajstić information content (AvgIpc) is 2.14. The zero-order valence-corrected chi connectivity index (χ0v) is 10.8. The average molecular weight is 228 g/mol. The van der Waals surface area contributed by atoms with Crippen molar-refractivity contribution in [2.24, 2.45) is 11.8 Å². The van der Waals surface area contributed by atoms with E-state index >= 15 is 0 Å². The van der Waals surface area contributed by atoms with E-state index in [9.17, 15) is 4.79 Å². The molecule has 94 valence electrons. The third kappa shape index (κ3) is 4.84. The van der Waals surface area contributed by atoms with E-state index in [2.05, 4.69) is 17.6 Å². The quantitative estimate of drug-likeness (QED) is 0.757. The van der Waals surface area contributed by atoms with Crippen molar-refractivity contribution in [3.8, 4) is 0 Å². The van der Waals surface area contributed by atoms with Crippen LogP contribution in [0, 0.1) is 11.8 Å². The Balaban J connectivity index is 2.25. The summed E-state index contributed by atoms with van der Waals surface area (Å²) in [7, 11) is 0. The molecule has 1 aliphatic rings. The van der Waals surface area contributed by atoms with Crippen molar-refractivity contribution in [2.75, 3.05) is 19.6 Å². The van der Waals surface area contributed by atoms with Gasteiger partial charge in [0.25, 0.3) is 0 Å². The Hall–Kier alpha value is -0.770.